The SMILES string of the molecule is CCCCN(CC)c1ccc(N)c2nonc12. The number of hydrogen-bond acceptors (Lipinski definition) is 5. The van der Waals surface area contributed by atoms with E-state index in [1.54, 1.807) is 0 Å². The molecule has 0 bridgehead atoms. The van der Waals surface area contributed by atoms with E-state index in [-0.39, 0.29) is 0 Å². The summed E-state index contributed by atoms with van der Waals surface area (Å²) in [6, 6.07) is 3.84. The minimum atomic E-state index is 0.608. The maximum Gasteiger partial charge on any atom is 0.160 e. The van der Waals surface area contributed by atoms with Gasteiger partial charge in [-0.15, -0.1) is 0 Å². The molecule has 5 nitrogen and oxygen atoms in total. The van der Waals surface area contributed by atoms with Crippen LogP contribution in [0.3, 0.4) is 0 Å². The van der Waals surface area contributed by atoms with E-state index < -0.39 is 0 Å². The van der Waals surface area contributed by atoms with Crippen LogP contribution in [0.5, 0.6) is 0 Å². The van der Waals surface area contributed by atoms with Crippen LogP contribution in [-0.2, 0) is 0 Å². The van der Waals surface area contributed by atoms with E-state index >= 15 is 0 Å². The topological polar surface area (TPSA) is 68.2 Å². The lowest BCUT2D eigenvalue weighted by atomic mass is 10.2. The highest BCUT2D eigenvalue weighted by atomic mass is 16.6. The van der Waals surface area contributed by atoms with Crippen molar-refractivity contribution in [2.45, 2.75) is 26.7 Å². The van der Waals surface area contributed by atoms with E-state index in [4.69, 9.17) is 10.4 Å². The van der Waals surface area contributed by atoms with Crippen LogP contribution in [0.2, 0.25) is 0 Å². The second-order valence-electron chi connectivity index (χ2n) is 4.07. The summed E-state index contributed by atoms with van der Waals surface area (Å²) in [5.74, 6) is 0. The average Bonchev–Trinajstić information content (AvgIpc) is 2.82. The number of aromatic nitrogens is 2. The number of fused-ring (bicyclic) bond motifs is 1. The molecular formula is C12H18N4O. The number of nitrogens with zero attached hydrogens (tertiary/aromatic N) is 3. The van der Waals surface area contributed by atoms with Gasteiger partial charge in [0.1, 0.15) is 0 Å². The summed E-state index contributed by atoms with van der Waals surface area (Å²) in [6.07, 6.45) is 2.33. The normalized spacial score (nSPS) is 10.9. The van der Waals surface area contributed by atoms with Crippen LogP contribution >= 0.6 is 0 Å². The highest BCUT2D eigenvalue weighted by Gasteiger charge is 2.14. The van der Waals surface area contributed by atoms with Crippen LogP contribution in [0.4, 0.5) is 11.4 Å². The van der Waals surface area contributed by atoms with Crippen LogP contribution in [0, 0.1) is 0 Å². The number of hydrogen-bond donors (Lipinski definition) is 1. The Hall–Kier alpha value is -1.78. The monoisotopic (exact) mass is 234 g/mol. The lowest BCUT2D eigenvalue weighted by molar-refractivity contribution is 0.315. The van der Waals surface area contributed by atoms with Crippen LogP contribution in [0.25, 0.3) is 11.0 Å². The summed E-state index contributed by atoms with van der Waals surface area (Å²) in [6.45, 7) is 6.26. The first-order chi connectivity index (χ1) is 8.27. The fraction of sp³-hybridized carbons (Fsp3) is 0.500. The van der Waals surface area contributed by atoms with Crippen LogP contribution in [0.1, 0.15) is 26.7 Å². The van der Waals surface area contributed by atoms with Gasteiger partial charge in [-0.05, 0) is 35.8 Å². The van der Waals surface area contributed by atoms with Crippen molar-refractivity contribution in [2.75, 3.05) is 23.7 Å². The third-order valence-corrected chi connectivity index (χ3v) is 2.93. The maximum absolute atomic E-state index is 5.83. The molecule has 0 atom stereocenters. The summed E-state index contributed by atoms with van der Waals surface area (Å²) in [4.78, 5) is 2.27. The van der Waals surface area contributed by atoms with Gasteiger partial charge in [0.2, 0.25) is 0 Å². The van der Waals surface area contributed by atoms with Gasteiger partial charge in [-0.25, -0.2) is 4.63 Å². The lowest BCUT2D eigenvalue weighted by Gasteiger charge is -2.22. The van der Waals surface area contributed by atoms with Gasteiger partial charge < -0.3 is 10.6 Å². The van der Waals surface area contributed by atoms with Gasteiger partial charge in [0, 0.05) is 13.1 Å². The Kier molecular flexibility index (Phi) is 3.46. The molecule has 1 heterocycles. The number of nitrogens with two attached hydrogens (primary N) is 1. The average molecular weight is 234 g/mol. The molecule has 1 aromatic carbocycles. The first-order valence-corrected chi connectivity index (χ1v) is 6.03. The molecule has 17 heavy (non-hydrogen) atoms. The summed E-state index contributed by atoms with van der Waals surface area (Å²) >= 11 is 0. The molecule has 2 rings (SSSR count). The molecule has 0 amide bonds. The zero-order chi connectivity index (χ0) is 12.3. The van der Waals surface area contributed by atoms with Crippen molar-refractivity contribution >= 4 is 22.4 Å². The smallest absolute Gasteiger partial charge is 0.160 e. The Morgan fingerprint density at radius 3 is 2.71 bits per heavy atom. The van der Waals surface area contributed by atoms with Crippen molar-refractivity contribution in [2.24, 2.45) is 0 Å². The largest absolute Gasteiger partial charge is 0.397 e. The molecule has 0 spiro atoms. The number of unbranched alkanes of at least 4 members (excludes halogenated alkanes) is 1. The molecular weight excluding hydrogens is 216 g/mol. The molecule has 0 aliphatic rings. The second kappa shape index (κ2) is 5.03. The zero-order valence-corrected chi connectivity index (χ0v) is 10.3. The van der Waals surface area contributed by atoms with Crippen molar-refractivity contribution in [3.63, 3.8) is 0 Å². The number of rotatable bonds is 5. The Bertz CT molecular complexity index is 494. The summed E-state index contributed by atoms with van der Waals surface area (Å²) < 4.78 is 4.78. The fourth-order valence-electron chi connectivity index (χ4n) is 1.93. The van der Waals surface area contributed by atoms with E-state index in [1.807, 2.05) is 12.1 Å². The molecule has 92 valence electrons. The summed E-state index contributed by atoms with van der Waals surface area (Å²) in [7, 11) is 0. The molecule has 0 unspecified atom stereocenters. The highest BCUT2D eigenvalue weighted by Crippen LogP contribution is 2.28. The van der Waals surface area contributed by atoms with E-state index in [0.29, 0.717) is 11.2 Å². The van der Waals surface area contributed by atoms with Crippen molar-refractivity contribution in [1.82, 2.24) is 10.3 Å². The van der Waals surface area contributed by atoms with Gasteiger partial charge in [0.05, 0.1) is 11.4 Å². The Balaban J connectivity index is 2.39. The predicted octanol–water partition coefficient (Wildman–Crippen LogP) is 2.43. The zero-order valence-electron chi connectivity index (χ0n) is 10.3. The third-order valence-electron chi connectivity index (χ3n) is 2.93. The summed E-state index contributed by atoms with van der Waals surface area (Å²) in [5, 5.41) is 7.79. The quantitative estimate of drug-likeness (QED) is 0.805. The van der Waals surface area contributed by atoms with E-state index in [2.05, 4.69) is 29.1 Å². The number of benzene rings is 1. The van der Waals surface area contributed by atoms with Crippen molar-refractivity contribution in [1.29, 1.82) is 0 Å². The van der Waals surface area contributed by atoms with E-state index in [1.165, 1.54) is 6.42 Å². The van der Waals surface area contributed by atoms with Gasteiger partial charge in [-0.3, -0.25) is 0 Å². The van der Waals surface area contributed by atoms with Crippen molar-refractivity contribution in [3.8, 4) is 0 Å². The molecule has 2 N–H and O–H groups in total. The third kappa shape index (κ3) is 2.18. The Morgan fingerprint density at radius 1 is 1.24 bits per heavy atom. The first-order valence-electron chi connectivity index (χ1n) is 6.03. The fourth-order valence-corrected chi connectivity index (χ4v) is 1.93. The first kappa shape index (κ1) is 11.7. The van der Waals surface area contributed by atoms with E-state index in [0.717, 1.165) is 30.7 Å². The predicted molar refractivity (Wildman–Crippen MR) is 69.0 cm³/mol. The van der Waals surface area contributed by atoms with Crippen LogP contribution in [0.15, 0.2) is 16.8 Å². The Morgan fingerprint density at radius 2 is 2.00 bits per heavy atom. The minimum absolute atomic E-state index is 0.608. The van der Waals surface area contributed by atoms with Crippen LogP contribution < -0.4 is 10.6 Å². The second-order valence-corrected chi connectivity index (χ2v) is 4.07. The van der Waals surface area contributed by atoms with E-state index in [9.17, 15) is 0 Å². The molecule has 2 aromatic rings. The Labute approximate surface area is 101 Å². The minimum Gasteiger partial charge on any atom is -0.397 e. The lowest BCUT2D eigenvalue weighted by Crippen LogP contribution is -2.24. The standard InChI is InChI=1S/C12H18N4O/c1-3-5-8-16(4-2)10-7-6-9(13)11-12(10)15-17-14-11/h6-7H,3-5,8,13H2,1-2H3. The molecule has 0 saturated heterocycles. The van der Waals surface area contributed by atoms with Crippen molar-refractivity contribution in [3.05, 3.63) is 12.1 Å². The summed E-state index contributed by atoms with van der Waals surface area (Å²) in [5.41, 5.74) is 8.89. The van der Waals surface area contributed by atoms with Crippen molar-refractivity contribution < 1.29 is 4.63 Å². The van der Waals surface area contributed by atoms with Crippen LogP contribution in [-0.4, -0.2) is 23.4 Å². The van der Waals surface area contributed by atoms with Gasteiger partial charge in [-0.2, -0.15) is 0 Å². The molecule has 0 aliphatic carbocycles. The number of nitrogen functional groups attached to an aromatic ring is 1. The maximum atomic E-state index is 5.83. The molecule has 0 fully saturated rings. The van der Waals surface area contributed by atoms with Gasteiger partial charge >= 0.3 is 0 Å². The highest BCUT2D eigenvalue weighted by molar-refractivity contribution is 5.95. The molecule has 0 saturated carbocycles. The number of anilines is 2. The van der Waals surface area contributed by atoms with Gasteiger partial charge in [0.25, 0.3) is 0 Å². The molecule has 0 aliphatic heterocycles. The van der Waals surface area contributed by atoms with Gasteiger partial charge in [-0.1, -0.05) is 13.3 Å². The molecule has 1 aromatic heterocycles. The molecule has 5 heteroatoms. The van der Waals surface area contributed by atoms with Gasteiger partial charge in [0.15, 0.2) is 11.0 Å². The molecule has 0 radical (unpaired) electrons.